The number of benzene rings is 2. The number of aromatic nitrogens is 1. The van der Waals surface area contributed by atoms with Crippen LogP contribution in [0.2, 0.25) is 0 Å². The molecule has 0 spiro atoms. The monoisotopic (exact) mass is 291 g/mol. The van der Waals surface area contributed by atoms with E-state index in [-0.39, 0.29) is 12.4 Å². The lowest BCUT2D eigenvalue weighted by Gasteiger charge is -2.13. The van der Waals surface area contributed by atoms with Crippen molar-refractivity contribution in [3.05, 3.63) is 65.9 Å². The van der Waals surface area contributed by atoms with Crippen molar-refractivity contribution < 1.29 is 17.9 Å². The van der Waals surface area contributed by atoms with Gasteiger partial charge in [-0.25, -0.2) is 0 Å². The van der Waals surface area contributed by atoms with Crippen LogP contribution >= 0.6 is 0 Å². The summed E-state index contributed by atoms with van der Waals surface area (Å²) in [7, 11) is 0. The first-order valence-corrected chi connectivity index (χ1v) is 6.40. The predicted molar refractivity (Wildman–Crippen MR) is 74.1 cm³/mol. The zero-order valence-corrected chi connectivity index (χ0v) is 10.9. The van der Waals surface area contributed by atoms with Gasteiger partial charge in [0.25, 0.3) is 0 Å². The van der Waals surface area contributed by atoms with Gasteiger partial charge in [0.05, 0.1) is 5.56 Å². The predicted octanol–water partition coefficient (Wildman–Crippen LogP) is 4.77. The van der Waals surface area contributed by atoms with Crippen molar-refractivity contribution in [3.63, 3.8) is 0 Å². The molecule has 0 aliphatic carbocycles. The topological polar surface area (TPSA) is 25.0 Å². The quantitative estimate of drug-likeness (QED) is 0.739. The van der Waals surface area contributed by atoms with Crippen LogP contribution in [0.15, 0.2) is 54.7 Å². The highest BCUT2D eigenvalue weighted by molar-refractivity contribution is 5.82. The van der Waals surface area contributed by atoms with Gasteiger partial charge in [-0.15, -0.1) is 0 Å². The van der Waals surface area contributed by atoms with E-state index in [4.69, 9.17) is 4.74 Å². The van der Waals surface area contributed by atoms with E-state index >= 15 is 0 Å². The standard InChI is InChI=1S/C16H12F3NO/c17-16(18,19)13-6-2-4-8-15(13)21-10-11-9-20-14-7-3-1-5-12(11)14/h1-9,20H,10H2. The van der Waals surface area contributed by atoms with E-state index in [1.807, 2.05) is 24.3 Å². The van der Waals surface area contributed by atoms with Gasteiger partial charge in [0, 0.05) is 22.7 Å². The Bertz CT molecular complexity index is 761. The fourth-order valence-corrected chi connectivity index (χ4v) is 2.23. The molecular formula is C16H12F3NO. The molecule has 2 nitrogen and oxygen atoms in total. The van der Waals surface area contributed by atoms with Crippen LogP contribution in [-0.2, 0) is 12.8 Å². The van der Waals surface area contributed by atoms with Gasteiger partial charge in [-0.05, 0) is 18.2 Å². The van der Waals surface area contributed by atoms with Gasteiger partial charge >= 0.3 is 6.18 Å². The van der Waals surface area contributed by atoms with E-state index in [9.17, 15) is 13.2 Å². The molecule has 0 saturated heterocycles. The molecule has 3 rings (SSSR count). The van der Waals surface area contributed by atoms with Crippen LogP contribution in [-0.4, -0.2) is 4.98 Å². The highest BCUT2D eigenvalue weighted by Crippen LogP contribution is 2.36. The van der Waals surface area contributed by atoms with E-state index in [0.29, 0.717) is 0 Å². The zero-order chi connectivity index (χ0) is 14.9. The third-order valence-corrected chi connectivity index (χ3v) is 3.25. The molecule has 0 atom stereocenters. The Morgan fingerprint density at radius 1 is 0.952 bits per heavy atom. The van der Waals surface area contributed by atoms with E-state index in [1.165, 1.54) is 18.2 Å². The van der Waals surface area contributed by atoms with Crippen LogP contribution in [0, 0.1) is 0 Å². The van der Waals surface area contributed by atoms with Gasteiger partial charge in [-0.1, -0.05) is 30.3 Å². The Morgan fingerprint density at radius 3 is 2.48 bits per heavy atom. The van der Waals surface area contributed by atoms with Crippen LogP contribution in [0.25, 0.3) is 10.9 Å². The molecule has 0 radical (unpaired) electrons. The second kappa shape index (κ2) is 5.16. The Hall–Kier alpha value is -2.43. The number of halogens is 3. The van der Waals surface area contributed by atoms with Crippen molar-refractivity contribution in [2.45, 2.75) is 12.8 Å². The second-order valence-corrected chi connectivity index (χ2v) is 4.64. The number of ether oxygens (including phenoxy) is 1. The van der Waals surface area contributed by atoms with E-state index in [2.05, 4.69) is 4.98 Å². The summed E-state index contributed by atoms with van der Waals surface area (Å²) in [6, 6.07) is 12.8. The number of hydrogen-bond acceptors (Lipinski definition) is 1. The average molecular weight is 291 g/mol. The fourth-order valence-electron chi connectivity index (χ4n) is 2.23. The second-order valence-electron chi connectivity index (χ2n) is 4.64. The lowest BCUT2D eigenvalue weighted by atomic mass is 10.2. The van der Waals surface area contributed by atoms with Gasteiger partial charge in [0.15, 0.2) is 0 Å². The molecule has 0 fully saturated rings. The maximum atomic E-state index is 12.9. The summed E-state index contributed by atoms with van der Waals surface area (Å²) < 4.78 is 44.0. The molecule has 1 N–H and O–H groups in total. The molecule has 0 bridgehead atoms. The summed E-state index contributed by atoms with van der Waals surface area (Å²) in [6.45, 7) is 0.0805. The molecule has 2 aromatic carbocycles. The van der Waals surface area contributed by atoms with Crippen molar-refractivity contribution in [1.82, 2.24) is 4.98 Å². The lowest BCUT2D eigenvalue weighted by Crippen LogP contribution is -2.08. The number of hydrogen-bond donors (Lipinski definition) is 1. The van der Waals surface area contributed by atoms with Crippen molar-refractivity contribution in [3.8, 4) is 5.75 Å². The number of aromatic amines is 1. The van der Waals surface area contributed by atoms with Crippen LogP contribution in [0.1, 0.15) is 11.1 Å². The molecule has 5 heteroatoms. The number of fused-ring (bicyclic) bond motifs is 1. The highest BCUT2D eigenvalue weighted by Gasteiger charge is 2.34. The number of rotatable bonds is 3. The van der Waals surface area contributed by atoms with Gasteiger partial charge in [-0.3, -0.25) is 0 Å². The van der Waals surface area contributed by atoms with Gasteiger partial charge in [0.2, 0.25) is 0 Å². The highest BCUT2D eigenvalue weighted by atomic mass is 19.4. The summed E-state index contributed by atoms with van der Waals surface area (Å²) in [6.07, 6.45) is -2.67. The van der Waals surface area contributed by atoms with Gasteiger partial charge < -0.3 is 9.72 Å². The fraction of sp³-hybridized carbons (Fsp3) is 0.125. The SMILES string of the molecule is FC(F)(F)c1ccccc1OCc1c[nH]c2ccccc12. The van der Waals surface area contributed by atoms with Gasteiger partial charge in [0.1, 0.15) is 12.4 Å². The molecular weight excluding hydrogens is 279 g/mol. The summed E-state index contributed by atoms with van der Waals surface area (Å²) in [4.78, 5) is 3.07. The molecule has 0 saturated carbocycles. The van der Waals surface area contributed by atoms with Crippen LogP contribution in [0.4, 0.5) is 13.2 Å². The minimum atomic E-state index is -4.42. The Kier molecular flexibility index (Phi) is 3.33. The third-order valence-electron chi connectivity index (χ3n) is 3.25. The number of alkyl halides is 3. The number of H-pyrrole nitrogens is 1. The molecule has 21 heavy (non-hydrogen) atoms. The normalized spacial score (nSPS) is 11.8. The molecule has 0 unspecified atom stereocenters. The summed E-state index contributed by atoms with van der Waals surface area (Å²) in [5.41, 5.74) is 0.993. The molecule has 0 aliphatic rings. The number of para-hydroxylation sites is 2. The largest absolute Gasteiger partial charge is 0.488 e. The third kappa shape index (κ3) is 2.72. The van der Waals surface area contributed by atoms with Crippen molar-refractivity contribution in [1.29, 1.82) is 0 Å². The van der Waals surface area contributed by atoms with Crippen LogP contribution < -0.4 is 4.74 Å². The molecule has 0 aliphatic heterocycles. The number of nitrogens with one attached hydrogen (secondary N) is 1. The summed E-state index contributed by atoms with van der Waals surface area (Å²) in [5, 5.41) is 0.946. The minimum Gasteiger partial charge on any atom is -0.488 e. The van der Waals surface area contributed by atoms with Crippen molar-refractivity contribution >= 4 is 10.9 Å². The first-order chi connectivity index (χ1) is 10.1. The molecule has 3 aromatic rings. The smallest absolute Gasteiger partial charge is 0.419 e. The first kappa shape index (κ1) is 13.5. The van der Waals surface area contributed by atoms with Gasteiger partial charge in [-0.2, -0.15) is 13.2 Å². The lowest BCUT2D eigenvalue weighted by molar-refractivity contribution is -0.139. The Balaban J connectivity index is 1.86. The van der Waals surface area contributed by atoms with E-state index in [1.54, 1.807) is 6.20 Å². The Morgan fingerprint density at radius 2 is 1.67 bits per heavy atom. The van der Waals surface area contributed by atoms with Crippen molar-refractivity contribution in [2.24, 2.45) is 0 Å². The molecule has 108 valence electrons. The Labute approximate surface area is 119 Å². The average Bonchev–Trinajstić information content (AvgIpc) is 2.88. The molecule has 0 amide bonds. The maximum Gasteiger partial charge on any atom is 0.419 e. The molecule has 1 aromatic heterocycles. The summed E-state index contributed by atoms with van der Waals surface area (Å²) in [5.74, 6) is -0.157. The van der Waals surface area contributed by atoms with Crippen LogP contribution in [0.5, 0.6) is 5.75 Å². The first-order valence-electron chi connectivity index (χ1n) is 6.40. The maximum absolute atomic E-state index is 12.9. The van der Waals surface area contributed by atoms with E-state index < -0.39 is 11.7 Å². The summed E-state index contributed by atoms with van der Waals surface area (Å²) >= 11 is 0. The molecule has 1 heterocycles. The van der Waals surface area contributed by atoms with E-state index in [0.717, 1.165) is 22.5 Å². The van der Waals surface area contributed by atoms with Crippen LogP contribution in [0.3, 0.4) is 0 Å². The zero-order valence-electron chi connectivity index (χ0n) is 10.9. The minimum absolute atomic E-state index is 0.0805. The van der Waals surface area contributed by atoms with Crippen molar-refractivity contribution in [2.75, 3.05) is 0 Å².